The molecule has 1 unspecified atom stereocenters. The maximum Gasteiger partial charge on any atom is 0.241 e. The first-order valence-electron chi connectivity index (χ1n) is 5.22. The third kappa shape index (κ3) is 2.86. The van der Waals surface area contributed by atoms with Crippen LogP contribution in [0.4, 0.5) is 0 Å². The van der Waals surface area contributed by atoms with Crippen molar-refractivity contribution >= 4 is 17.2 Å². The molecule has 2 N–H and O–H groups in total. The molecule has 1 aliphatic rings. The second-order valence-electron chi connectivity index (χ2n) is 3.57. The van der Waals surface area contributed by atoms with Crippen LogP contribution in [-0.2, 0) is 11.2 Å². The molecule has 0 spiro atoms. The predicted octanol–water partition coefficient (Wildman–Crippen LogP) is 0.0332. The maximum absolute atomic E-state index is 11.6. The third-order valence-corrected chi connectivity index (χ3v) is 3.17. The van der Waals surface area contributed by atoms with Gasteiger partial charge in [-0.1, -0.05) is 12.2 Å². The Balaban J connectivity index is 1.71. The summed E-state index contributed by atoms with van der Waals surface area (Å²) in [6.07, 6.45) is 4.58. The zero-order chi connectivity index (χ0) is 11.4. The fourth-order valence-electron chi connectivity index (χ4n) is 1.49. The summed E-state index contributed by atoms with van der Waals surface area (Å²) in [7, 11) is 0. The van der Waals surface area contributed by atoms with Crippen LogP contribution >= 0.6 is 11.3 Å². The normalized spacial score (nSPS) is 18.9. The molecule has 0 saturated heterocycles. The first-order valence-corrected chi connectivity index (χ1v) is 6.04. The standard InChI is InChI=1S/C10H14N4OS/c1-7-13-14-9(16-7)4-6-12-10(15)8-3-2-5-11-8/h2-3,8,11H,4-6H2,1H3,(H,12,15). The zero-order valence-corrected chi connectivity index (χ0v) is 9.88. The Morgan fingerprint density at radius 2 is 2.56 bits per heavy atom. The van der Waals surface area contributed by atoms with Crippen LogP contribution in [0.3, 0.4) is 0 Å². The van der Waals surface area contributed by atoms with Gasteiger partial charge < -0.3 is 5.32 Å². The van der Waals surface area contributed by atoms with E-state index in [1.54, 1.807) is 11.3 Å². The number of carbonyl (C=O) groups is 1. The highest BCUT2D eigenvalue weighted by atomic mass is 32.1. The number of nitrogens with one attached hydrogen (secondary N) is 2. The second-order valence-corrected chi connectivity index (χ2v) is 4.84. The Kier molecular flexibility index (Phi) is 3.63. The number of aromatic nitrogens is 2. The molecule has 86 valence electrons. The van der Waals surface area contributed by atoms with E-state index in [2.05, 4.69) is 20.8 Å². The molecule has 0 fully saturated rings. The van der Waals surface area contributed by atoms with E-state index >= 15 is 0 Å². The van der Waals surface area contributed by atoms with Gasteiger partial charge in [-0.2, -0.15) is 0 Å². The van der Waals surface area contributed by atoms with Crippen LogP contribution in [0.2, 0.25) is 0 Å². The number of aryl methyl sites for hydroxylation is 1. The lowest BCUT2D eigenvalue weighted by Crippen LogP contribution is -2.41. The highest BCUT2D eigenvalue weighted by Crippen LogP contribution is 2.07. The van der Waals surface area contributed by atoms with Gasteiger partial charge >= 0.3 is 0 Å². The Labute approximate surface area is 98.0 Å². The molecule has 2 rings (SSSR count). The summed E-state index contributed by atoms with van der Waals surface area (Å²) in [4.78, 5) is 11.6. The van der Waals surface area contributed by atoms with Crippen LogP contribution in [0.1, 0.15) is 10.0 Å². The molecule has 0 aromatic carbocycles. The van der Waals surface area contributed by atoms with Crippen LogP contribution in [0, 0.1) is 6.92 Å². The quantitative estimate of drug-likeness (QED) is 0.726. The molecular formula is C10H14N4OS. The van der Waals surface area contributed by atoms with E-state index in [0.717, 1.165) is 23.0 Å². The molecule has 1 aliphatic heterocycles. The van der Waals surface area contributed by atoms with Gasteiger partial charge in [0.15, 0.2) is 0 Å². The van der Waals surface area contributed by atoms with E-state index in [1.807, 2.05) is 19.1 Å². The fourth-order valence-corrected chi connectivity index (χ4v) is 2.20. The molecule has 0 saturated carbocycles. The molecule has 1 amide bonds. The van der Waals surface area contributed by atoms with Crippen LogP contribution < -0.4 is 10.6 Å². The Bertz CT molecular complexity index is 401. The number of hydrogen-bond acceptors (Lipinski definition) is 5. The van der Waals surface area contributed by atoms with E-state index in [1.165, 1.54) is 0 Å². The number of nitrogens with zero attached hydrogens (tertiary/aromatic N) is 2. The van der Waals surface area contributed by atoms with Crippen LogP contribution in [0.15, 0.2) is 12.2 Å². The molecule has 16 heavy (non-hydrogen) atoms. The topological polar surface area (TPSA) is 66.9 Å². The highest BCUT2D eigenvalue weighted by Gasteiger charge is 2.16. The van der Waals surface area contributed by atoms with Crippen LogP contribution in [0.5, 0.6) is 0 Å². The molecule has 1 atom stereocenters. The maximum atomic E-state index is 11.6. The number of carbonyl (C=O) groups excluding carboxylic acids is 1. The zero-order valence-electron chi connectivity index (χ0n) is 9.06. The molecule has 0 aliphatic carbocycles. The van der Waals surface area contributed by atoms with Crippen molar-refractivity contribution in [1.82, 2.24) is 20.8 Å². The van der Waals surface area contributed by atoms with Gasteiger partial charge in [-0.3, -0.25) is 10.1 Å². The van der Waals surface area contributed by atoms with Crippen LogP contribution in [-0.4, -0.2) is 35.2 Å². The van der Waals surface area contributed by atoms with Crippen LogP contribution in [0.25, 0.3) is 0 Å². The molecule has 1 aromatic heterocycles. The van der Waals surface area contributed by atoms with Crippen molar-refractivity contribution in [3.63, 3.8) is 0 Å². The van der Waals surface area contributed by atoms with Crippen molar-refractivity contribution in [2.45, 2.75) is 19.4 Å². The largest absolute Gasteiger partial charge is 0.354 e. The summed E-state index contributed by atoms with van der Waals surface area (Å²) in [5, 5.41) is 15.8. The third-order valence-electron chi connectivity index (χ3n) is 2.27. The first kappa shape index (κ1) is 11.2. The van der Waals surface area contributed by atoms with Gasteiger partial charge in [-0.25, -0.2) is 0 Å². The van der Waals surface area contributed by atoms with Gasteiger partial charge in [0.2, 0.25) is 5.91 Å². The van der Waals surface area contributed by atoms with Gasteiger partial charge in [0.25, 0.3) is 0 Å². The van der Waals surface area contributed by atoms with Crippen molar-refractivity contribution in [2.24, 2.45) is 0 Å². The van der Waals surface area contributed by atoms with E-state index in [-0.39, 0.29) is 11.9 Å². The van der Waals surface area contributed by atoms with Crippen molar-refractivity contribution in [3.05, 3.63) is 22.2 Å². The van der Waals surface area contributed by atoms with E-state index in [4.69, 9.17) is 0 Å². The van der Waals surface area contributed by atoms with Gasteiger partial charge in [0.05, 0.1) is 0 Å². The minimum absolute atomic E-state index is 0.0231. The van der Waals surface area contributed by atoms with Gasteiger partial charge in [0.1, 0.15) is 16.1 Å². The van der Waals surface area contributed by atoms with E-state index < -0.39 is 0 Å². The van der Waals surface area contributed by atoms with Crippen molar-refractivity contribution in [1.29, 1.82) is 0 Å². The summed E-state index contributed by atoms with van der Waals surface area (Å²) < 4.78 is 0. The molecule has 0 bridgehead atoms. The fraction of sp³-hybridized carbons (Fsp3) is 0.500. The summed E-state index contributed by atoms with van der Waals surface area (Å²) in [5.74, 6) is 0.0231. The molecule has 1 aromatic rings. The van der Waals surface area contributed by atoms with Gasteiger partial charge in [-0.05, 0) is 6.92 Å². The highest BCUT2D eigenvalue weighted by molar-refractivity contribution is 7.11. The first-order chi connectivity index (χ1) is 7.75. The minimum atomic E-state index is -0.170. The van der Waals surface area contributed by atoms with Crippen molar-refractivity contribution < 1.29 is 4.79 Å². The second kappa shape index (κ2) is 5.18. The van der Waals surface area contributed by atoms with Crippen molar-refractivity contribution in [2.75, 3.05) is 13.1 Å². The van der Waals surface area contributed by atoms with Gasteiger partial charge in [-0.15, -0.1) is 21.5 Å². The number of rotatable bonds is 4. The average Bonchev–Trinajstić information content (AvgIpc) is 2.89. The number of amides is 1. The molecule has 2 heterocycles. The number of hydrogen-bond donors (Lipinski definition) is 2. The van der Waals surface area contributed by atoms with E-state index in [0.29, 0.717) is 6.54 Å². The smallest absolute Gasteiger partial charge is 0.241 e. The molecule has 6 heteroatoms. The average molecular weight is 238 g/mol. The monoisotopic (exact) mass is 238 g/mol. The molecular weight excluding hydrogens is 224 g/mol. The lowest BCUT2D eigenvalue weighted by molar-refractivity contribution is -0.121. The minimum Gasteiger partial charge on any atom is -0.354 e. The summed E-state index contributed by atoms with van der Waals surface area (Å²) in [5.41, 5.74) is 0. The Morgan fingerprint density at radius 3 is 3.19 bits per heavy atom. The molecule has 5 nitrogen and oxygen atoms in total. The Morgan fingerprint density at radius 1 is 1.69 bits per heavy atom. The van der Waals surface area contributed by atoms with Crippen molar-refractivity contribution in [3.8, 4) is 0 Å². The lowest BCUT2D eigenvalue weighted by atomic mass is 10.3. The summed E-state index contributed by atoms with van der Waals surface area (Å²) >= 11 is 1.57. The van der Waals surface area contributed by atoms with E-state index in [9.17, 15) is 4.79 Å². The molecule has 0 radical (unpaired) electrons. The van der Waals surface area contributed by atoms with Gasteiger partial charge in [0, 0.05) is 19.5 Å². The summed E-state index contributed by atoms with van der Waals surface area (Å²) in [6, 6.07) is -0.170. The Hall–Kier alpha value is -1.27. The summed E-state index contributed by atoms with van der Waals surface area (Å²) in [6.45, 7) is 3.31. The predicted molar refractivity (Wildman–Crippen MR) is 62.3 cm³/mol. The lowest BCUT2D eigenvalue weighted by Gasteiger charge is -2.09. The SMILES string of the molecule is Cc1nnc(CCNC(=O)C2C=CCN2)s1.